The first kappa shape index (κ1) is 12.5. The van der Waals surface area contributed by atoms with Crippen molar-refractivity contribution in [3.63, 3.8) is 0 Å². The summed E-state index contributed by atoms with van der Waals surface area (Å²) in [6.07, 6.45) is 2.03. The maximum absolute atomic E-state index is 12.0. The van der Waals surface area contributed by atoms with Crippen LogP contribution in [0.3, 0.4) is 0 Å². The Morgan fingerprint density at radius 2 is 2.27 bits per heavy atom. The lowest BCUT2D eigenvalue weighted by molar-refractivity contribution is -0.135. The van der Waals surface area contributed by atoms with Gasteiger partial charge in [0.1, 0.15) is 0 Å². The van der Waals surface area contributed by atoms with Crippen molar-refractivity contribution in [3.05, 3.63) is 0 Å². The molecule has 1 saturated heterocycles. The molecule has 1 heterocycles. The van der Waals surface area contributed by atoms with Gasteiger partial charge in [0.05, 0.1) is 6.61 Å². The molecular formula is C12H23NO2. The number of nitrogens with zero attached hydrogens (tertiary/aromatic N) is 1. The Morgan fingerprint density at radius 3 is 2.73 bits per heavy atom. The van der Waals surface area contributed by atoms with Gasteiger partial charge in [-0.3, -0.25) is 4.79 Å². The summed E-state index contributed by atoms with van der Waals surface area (Å²) < 4.78 is 5.33. The highest BCUT2D eigenvalue weighted by Gasteiger charge is 2.23. The molecule has 3 heteroatoms. The molecule has 88 valence electrons. The van der Waals surface area contributed by atoms with Gasteiger partial charge in [-0.25, -0.2) is 0 Å². The van der Waals surface area contributed by atoms with E-state index in [1.54, 1.807) is 0 Å². The van der Waals surface area contributed by atoms with Gasteiger partial charge in [0, 0.05) is 31.5 Å². The molecule has 1 aliphatic heterocycles. The van der Waals surface area contributed by atoms with Crippen molar-refractivity contribution in [2.75, 3.05) is 26.3 Å². The zero-order valence-corrected chi connectivity index (χ0v) is 10.2. The molecular weight excluding hydrogens is 190 g/mol. The normalized spacial score (nSPS) is 22.7. The zero-order chi connectivity index (χ0) is 11.3. The van der Waals surface area contributed by atoms with Gasteiger partial charge < -0.3 is 9.64 Å². The van der Waals surface area contributed by atoms with E-state index in [1.165, 1.54) is 0 Å². The Bertz CT molecular complexity index is 200. The van der Waals surface area contributed by atoms with Crippen molar-refractivity contribution >= 4 is 5.91 Å². The lowest BCUT2D eigenvalue weighted by Gasteiger charge is -2.26. The maximum atomic E-state index is 12.0. The van der Waals surface area contributed by atoms with E-state index in [0.717, 1.165) is 39.1 Å². The molecule has 1 fully saturated rings. The molecule has 0 N–H and O–H groups in total. The van der Waals surface area contributed by atoms with Gasteiger partial charge in [0.2, 0.25) is 5.91 Å². The lowest BCUT2D eigenvalue weighted by atomic mass is 10.0. The maximum Gasteiger partial charge on any atom is 0.225 e. The highest BCUT2D eigenvalue weighted by atomic mass is 16.5. The van der Waals surface area contributed by atoms with Crippen LogP contribution in [0.4, 0.5) is 0 Å². The van der Waals surface area contributed by atoms with E-state index < -0.39 is 0 Å². The smallest absolute Gasteiger partial charge is 0.225 e. The van der Waals surface area contributed by atoms with Crippen LogP contribution in [0.5, 0.6) is 0 Å². The lowest BCUT2D eigenvalue weighted by Crippen LogP contribution is -2.38. The number of carbonyl (C=O) groups excluding carboxylic acids is 1. The van der Waals surface area contributed by atoms with Crippen molar-refractivity contribution in [2.45, 2.75) is 33.6 Å². The molecule has 15 heavy (non-hydrogen) atoms. The number of carbonyl (C=O) groups is 1. The van der Waals surface area contributed by atoms with Crippen molar-refractivity contribution in [3.8, 4) is 0 Å². The molecule has 0 aliphatic carbocycles. The molecule has 0 radical (unpaired) electrons. The van der Waals surface area contributed by atoms with Crippen molar-refractivity contribution in [2.24, 2.45) is 11.8 Å². The van der Waals surface area contributed by atoms with Crippen LogP contribution >= 0.6 is 0 Å². The molecule has 0 saturated carbocycles. The van der Waals surface area contributed by atoms with E-state index in [1.807, 2.05) is 11.8 Å². The molecule has 0 aromatic rings. The minimum absolute atomic E-state index is 0.160. The summed E-state index contributed by atoms with van der Waals surface area (Å²) in [6, 6.07) is 0. The van der Waals surface area contributed by atoms with Gasteiger partial charge in [-0.1, -0.05) is 13.8 Å². The molecule has 0 unspecified atom stereocenters. The summed E-state index contributed by atoms with van der Waals surface area (Å²) in [5, 5.41) is 0. The topological polar surface area (TPSA) is 29.5 Å². The van der Waals surface area contributed by atoms with Gasteiger partial charge in [-0.15, -0.1) is 0 Å². The SMILES string of the molecule is CC[C@@H](C)C(=O)N(CC)C[C@H]1CCOC1. The van der Waals surface area contributed by atoms with Crippen LogP contribution < -0.4 is 0 Å². The van der Waals surface area contributed by atoms with E-state index >= 15 is 0 Å². The first-order valence-corrected chi connectivity index (χ1v) is 6.05. The predicted molar refractivity (Wildman–Crippen MR) is 60.6 cm³/mol. The molecule has 0 aromatic carbocycles. The number of amides is 1. The fraction of sp³-hybridized carbons (Fsp3) is 0.917. The number of hydrogen-bond donors (Lipinski definition) is 0. The molecule has 1 rings (SSSR count). The average Bonchev–Trinajstić information content (AvgIpc) is 2.76. The number of ether oxygens (including phenoxy) is 1. The Morgan fingerprint density at radius 1 is 1.53 bits per heavy atom. The summed E-state index contributed by atoms with van der Waals surface area (Å²) in [6.45, 7) is 9.50. The van der Waals surface area contributed by atoms with E-state index in [2.05, 4.69) is 13.8 Å². The predicted octanol–water partition coefficient (Wildman–Crippen LogP) is 1.92. The quantitative estimate of drug-likeness (QED) is 0.698. The van der Waals surface area contributed by atoms with E-state index in [9.17, 15) is 4.79 Å². The van der Waals surface area contributed by atoms with Crippen LogP contribution in [0, 0.1) is 11.8 Å². The fourth-order valence-corrected chi connectivity index (χ4v) is 1.90. The third kappa shape index (κ3) is 3.49. The fourth-order valence-electron chi connectivity index (χ4n) is 1.90. The van der Waals surface area contributed by atoms with E-state index in [0.29, 0.717) is 11.8 Å². The third-order valence-electron chi connectivity index (χ3n) is 3.23. The van der Waals surface area contributed by atoms with Crippen LogP contribution in [-0.4, -0.2) is 37.1 Å². The van der Waals surface area contributed by atoms with Crippen LogP contribution in [0.15, 0.2) is 0 Å². The standard InChI is InChI=1S/C12H23NO2/c1-4-10(3)12(14)13(5-2)8-11-6-7-15-9-11/h10-11H,4-9H2,1-3H3/t10-,11-/m1/s1. The molecule has 1 aliphatic rings. The Balaban J connectivity index is 2.43. The van der Waals surface area contributed by atoms with Crippen LogP contribution in [0.25, 0.3) is 0 Å². The molecule has 0 spiro atoms. The van der Waals surface area contributed by atoms with Crippen LogP contribution in [0.2, 0.25) is 0 Å². The molecule has 3 nitrogen and oxygen atoms in total. The molecule has 0 aromatic heterocycles. The molecule has 1 amide bonds. The summed E-state index contributed by atoms with van der Waals surface area (Å²) in [4.78, 5) is 14.0. The second-order valence-electron chi connectivity index (χ2n) is 4.42. The highest BCUT2D eigenvalue weighted by Crippen LogP contribution is 2.16. The van der Waals surface area contributed by atoms with Crippen molar-refractivity contribution in [1.29, 1.82) is 0 Å². The van der Waals surface area contributed by atoms with Gasteiger partial charge in [0.25, 0.3) is 0 Å². The van der Waals surface area contributed by atoms with Gasteiger partial charge >= 0.3 is 0 Å². The average molecular weight is 213 g/mol. The summed E-state index contributed by atoms with van der Waals surface area (Å²) in [7, 11) is 0. The minimum Gasteiger partial charge on any atom is -0.381 e. The largest absolute Gasteiger partial charge is 0.381 e. The van der Waals surface area contributed by atoms with Crippen molar-refractivity contribution in [1.82, 2.24) is 4.90 Å². The minimum atomic E-state index is 0.160. The Labute approximate surface area is 92.8 Å². The van der Waals surface area contributed by atoms with Crippen LogP contribution in [0.1, 0.15) is 33.6 Å². The Kier molecular flexibility index (Phi) is 5.09. The second-order valence-corrected chi connectivity index (χ2v) is 4.42. The highest BCUT2D eigenvalue weighted by molar-refractivity contribution is 5.78. The summed E-state index contributed by atoms with van der Waals surface area (Å²) in [5.41, 5.74) is 0. The first-order valence-electron chi connectivity index (χ1n) is 6.05. The summed E-state index contributed by atoms with van der Waals surface area (Å²) >= 11 is 0. The monoisotopic (exact) mass is 213 g/mol. The zero-order valence-electron chi connectivity index (χ0n) is 10.2. The Hall–Kier alpha value is -0.570. The number of hydrogen-bond acceptors (Lipinski definition) is 2. The van der Waals surface area contributed by atoms with Gasteiger partial charge in [0.15, 0.2) is 0 Å². The molecule has 0 bridgehead atoms. The van der Waals surface area contributed by atoms with E-state index in [4.69, 9.17) is 4.74 Å². The number of rotatable bonds is 5. The van der Waals surface area contributed by atoms with Gasteiger partial charge in [-0.2, -0.15) is 0 Å². The van der Waals surface area contributed by atoms with Crippen molar-refractivity contribution < 1.29 is 9.53 Å². The van der Waals surface area contributed by atoms with Gasteiger partial charge in [-0.05, 0) is 19.8 Å². The second kappa shape index (κ2) is 6.11. The third-order valence-corrected chi connectivity index (χ3v) is 3.23. The summed E-state index contributed by atoms with van der Waals surface area (Å²) in [5.74, 6) is 1.01. The molecule has 2 atom stereocenters. The first-order chi connectivity index (χ1) is 7.19. The van der Waals surface area contributed by atoms with Crippen LogP contribution in [-0.2, 0) is 9.53 Å². The van der Waals surface area contributed by atoms with E-state index in [-0.39, 0.29) is 5.92 Å².